The first kappa shape index (κ1) is 35.2. The van der Waals surface area contributed by atoms with Gasteiger partial charge < -0.3 is 14.4 Å². The molecule has 1 fully saturated rings. The highest BCUT2D eigenvalue weighted by atomic mass is 35.5. The number of carboxylic acid groups (broad SMARTS) is 1. The molecule has 1 aliphatic carbocycles. The molecule has 0 bridgehead atoms. The van der Waals surface area contributed by atoms with E-state index in [1.165, 1.54) is 16.4 Å². The monoisotopic (exact) mass is 711 g/mol. The van der Waals surface area contributed by atoms with Crippen molar-refractivity contribution in [2.75, 3.05) is 17.1 Å². The van der Waals surface area contributed by atoms with Crippen LogP contribution in [0, 0.1) is 5.82 Å². The molecule has 0 amide bonds. The Bertz CT molecular complexity index is 2060. The fourth-order valence-corrected chi connectivity index (χ4v) is 7.52. The van der Waals surface area contributed by atoms with Gasteiger partial charge in [0.15, 0.2) is 0 Å². The van der Waals surface area contributed by atoms with Gasteiger partial charge in [0.05, 0.1) is 34.1 Å². The first-order valence-corrected chi connectivity index (χ1v) is 17.8. The molecule has 0 radical (unpaired) electrons. The third-order valence-corrected chi connectivity index (χ3v) is 10.2. The van der Waals surface area contributed by atoms with Crippen molar-refractivity contribution in [2.45, 2.75) is 51.7 Å². The molecule has 5 aromatic rings. The second-order valence-corrected chi connectivity index (χ2v) is 14.2. The van der Waals surface area contributed by atoms with E-state index >= 15 is 4.39 Å². The molecule has 12 heteroatoms. The van der Waals surface area contributed by atoms with Crippen LogP contribution in [0.2, 0.25) is 5.02 Å². The van der Waals surface area contributed by atoms with E-state index in [-0.39, 0.29) is 37.2 Å². The van der Waals surface area contributed by atoms with Crippen molar-refractivity contribution >= 4 is 56.7 Å². The minimum Gasteiger partial charge on any atom is -0.489 e. The predicted molar refractivity (Wildman–Crippen MR) is 191 cm³/mol. The van der Waals surface area contributed by atoms with Gasteiger partial charge in [-0.15, -0.1) is 12.4 Å². The minimum absolute atomic E-state index is 0. The van der Waals surface area contributed by atoms with Crippen LogP contribution in [0.25, 0.3) is 33.5 Å². The Morgan fingerprint density at radius 2 is 1.71 bits per heavy atom. The van der Waals surface area contributed by atoms with E-state index in [0.717, 1.165) is 55.0 Å². The fourth-order valence-electron chi connectivity index (χ4n) is 6.43. The van der Waals surface area contributed by atoms with Crippen LogP contribution < -0.4 is 9.04 Å². The highest BCUT2D eigenvalue weighted by Crippen LogP contribution is 2.38. The Morgan fingerprint density at radius 1 is 1.00 bits per heavy atom. The van der Waals surface area contributed by atoms with E-state index in [9.17, 15) is 18.3 Å². The number of hydrogen-bond acceptors (Lipinski definition) is 5. The topological polar surface area (TPSA) is 102 Å². The number of ether oxygens (including phenoxy) is 1. The number of benzene rings is 4. The molecule has 1 heterocycles. The van der Waals surface area contributed by atoms with Crippen LogP contribution in [0.15, 0.2) is 78.9 Å². The Morgan fingerprint density at radius 3 is 2.35 bits per heavy atom. The number of halogens is 3. The third-order valence-electron chi connectivity index (χ3n) is 8.67. The van der Waals surface area contributed by atoms with Crippen LogP contribution in [0.4, 0.5) is 10.1 Å². The molecule has 8 nitrogen and oxygen atoms in total. The summed E-state index contributed by atoms with van der Waals surface area (Å²) in [6.07, 6.45) is 6.31. The molecule has 0 aliphatic heterocycles. The van der Waals surface area contributed by atoms with Crippen molar-refractivity contribution in [1.29, 1.82) is 0 Å². The minimum atomic E-state index is -3.51. The molecule has 48 heavy (non-hydrogen) atoms. The van der Waals surface area contributed by atoms with Crippen LogP contribution in [0.1, 0.15) is 61.0 Å². The molecule has 4 aromatic carbocycles. The number of rotatable bonds is 10. The van der Waals surface area contributed by atoms with E-state index in [2.05, 4.69) is 4.57 Å². The molecule has 252 valence electrons. The molecule has 1 aliphatic rings. The molecule has 0 atom stereocenters. The summed E-state index contributed by atoms with van der Waals surface area (Å²) >= 11 is 6.12. The quantitative estimate of drug-likeness (QED) is 0.155. The van der Waals surface area contributed by atoms with E-state index in [1.54, 1.807) is 55.5 Å². The van der Waals surface area contributed by atoms with Crippen molar-refractivity contribution < 1.29 is 27.4 Å². The highest BCUT2D eigenvalue weighted by molar-refractivity contribution is 7.92. The van der Waals surface area contributed by atoms with Gasteiger partial charge in [0.2, 0.25) is 10.0 Å². The normalized spacial score (nSPS) is 13.7. The first-order chi connectivity index (χ1) is 22.5. The van der Waals surface area contributed by atoms with Crippen molar-refractivity contribution in [3.05, 3.63) is 101 Å². The van der Waals surface area contributed by atoms with Gasteiger partial charge in [-0.25, -0.2) is 22.6 Å². The smallest absolute Gasteiger partial charge is 0.335 e. The van der Waals surface area contributed by atoms with Crippen molar-refractivity contribution in [1.82, 2.24) is 9.55 Å². The van der Waals surface area contributed by atoms with Crippen LogP contribution in [0.3, 0.4) is 0 Å². The Labute approximate surface area is 290 Å². The lowest BCUT2D eigenvalue weighted by atomic mass is 9.94. The second kappa shape index (κ2) is 14.6. The molecule has 0 spiro atoms. The van der Waals surface area contributed by atoms with E-state index < -0.39 is 21.8 Å². The fraction of sp³-hybridized carbons (Fsp3) is 0.278. The van der Waals surface area contributed by atoms with E-state index in [4.69, 9.17) is 21.3 Å². The lowest BCUT2D eigenvalue weighted by molar-refractivity contribution is 0.0697. The average molecular weight is 713 g/mol. The number of nitrogens with zero attached hydrogens (tertiary/aromatic N) is 3. The van der Waals surface area contributed by atoms with Crippen molar-refractivity contribution in [3.63, 3.8) is 0 Å². The molecular formula is C36H36Cl2FN3O5S. The summed E-state index contributed by atoms with van der Waals surface area (Å²) in [6.45, 7) is 2.07. The van der Waals surface area contributed by atoms with Crippen LogP contribution in [-0.2, 0) is 16.6 Å². The number of fused-ring (bicyclic) bond motifs is 1. The maximum absolute atomic E-state index is 16.0. The largest absolute Gasteiger partial charge is 0.489 e. The summed E-state index contributed by atoms with van der Waals surface area (Å²) in [5, 5.41) is 10.1. The van der Waals surface area contributed by atoms with E-state index in [1.807, 2.05) is 18.2 Å². The van der Waals surface area contributed by atoms with Gasteiger partial charge in [-0.05, 0) is 91.1 Å². The lowest BCUT2D eigenvalue weighted by Crippen LogP contribution is -2.29. The van der Waals surface area contributed by atoms with Crippen molar-refractivity contribution in [2.24, 2.45) is 0 Å². The van der Waals surface area contributed by atoms with Crippen molar-refractivity contribution in [3.8, 4) is 28.3 Å². The van der Waals surface area contributed by atoms with Gasteiger partial charge in [0.25, 0.3) is 0 Å². The Hall–Kier alpha value is -4.12. The zero-order valence-corrected chi connectivity index (χ0v) is 28.9. The number of aromatic nitrogens is 2. The molecule has 0 saturated heterocycles. The SMILES string of the molecule is CCN(c1ccc(-c2ccc(Cl)cc2)c(COc2ccc(-c3nc4cc(C(=O)O)ccc4n3C3CCCCC3)c(F)c2)c1)S(C)(=O)=O.Cl. The maximum atomic E-state index is 16.0. The molecule has 1 N–H and O–H groups in total. The third kappa shape index (κ3) is 7.31. The van der Waals surface area contributed by atoms with E-state index in [0.29, 0.717) is 38.9 Å². The molecule has 1 aromatic heterocycles. The number of anilines is 1. The van der Waals surface area contributed by atoms with Gasteiger partial charge in [-0.1, -0.05) is 49.1 Å². The highest BCUT2D eigenvalue weighted by Gasteiger charge is 2.25. The van der Waals surface area contributed by atoms with Crippen LogP contribution >= 0.6 is 24.0 Å². The summed E-state index contributed by atoms with van der Waals surface area (Å²) in [7, 11) is -3.51. The van der Waals surface area contributed by atoms with Gasteiger partial charge in [0, 0.05) is 23.7 Å². The zero-order chi connectivity index (χ0) is 33.3. The summed E-state index contributed by atoms with van der Waals surface area (Å²) in [5.41, 5.74) is 4.63. The summed E-state index contributed by atoms with van der Waals surface area (Å²) in [5.74, 6) is -0.814. The Kier molecular flexibility index (Phi) is 10.7. The number of aromatic carboxylic acids is 1. The van der Waals surface area contributed by atoms with Gasteiger partial charge in [-0.3, -0.25) is 4.31 Å². The number of carboxylic acids is 1. The van der Waals surface area contributed by atoms with Gasteiger partial charge >= 0.3 is 5.97 Å². The number of imidazole rings is 1. The number of hydrogen-bond donors (Lipinski definition) is 1. The van der Waals surface area contributed by atoms with Crippen LogP contribution in [-0.4, -0.2) is 41.8 Å². The summed E-state index contributed by atoms with van der Waals surface area (Å²) in [4.78, 5) is 16.4. The number of carbonyl (C=O) groups is 1. The second-order valence-electron chi connectivity index (χ2n) is 11.8. The standard InChI is InChI=1S/C36H35ClFN3O5S.ClH/c1-3-40(47(2,44)45)28-14-16-30(23-9-12-26(37)13-10-23)25(19-28)22-46-29-15-17-31(32(38)21-29)35-39-33-20-24(36(42)43)11-18-34(33)41(35)27-7-5-4-6-8-27;/h9-21,27H,3-8,22H2,1-2H3,(H,42,43);1H. The maximum Gasteiger partial charge on any atom is 0.335 e. The van der Waals surface area contributed by atoms with Gasteiger partial charge in [0.1, 0.15) is 24.0 Å². The number of sulfonamides is 1. The molecule has 1 saturated carbocycles. The lowest BCUT2D eigenvalue weighted by Gasteiger charge is -2.26. The zero-order valence-electron chi connectivity index (χ0n) is 26.5. The molecular weight excluding hydrogens is 676 g/mol. The summed E-state index contributed by atoms with van der Waals surface area (Å²) in [6, 6.07) is 22.3. The Balaban J connectivity index is 0.00000451. The summed E-state index contributed by atoms with van der Waals surface area (Å²) < 4.78 is 50.4. The molecule has 6 rings (SSSR count). The van der Waals surface area contributed by atoms with Crippen LogP contribution in [0.5, 0.6) is 5.75 Å². The molecule has 0 unspecified atom stereocenters. The average Bonchev–Trinajstić information content (AvgIpc) is 3.43. The van der Waals surface area contributed by atoms with Gasteiger partial charge in [-0.2, -0.15) is 0 Å². The predicted octanol–water partition coefficient (Wildman–Crippen LogP) is 9.15. The first-order valence-electron chi connectivity index (χ1n) is 15.6.